The summed E-state index contributed by atoms with van der Waals surface area (Å²) >= 11 is 0. The standard InChI is InChI=1S/C34H47N5O4/c1-26(40)39-18-6-10-28(24-39)30-23-35-22-29(37-30)13-14-33(42)38-19-16-34(17-20-38)15-5-4-9-27-8-2-3-11-31(27)43-21-7-12-32(41)36-25-34/h2-3,8,11,22-23,28H,4-7,9-10,12-21,24-25H2,1H3,(H,36,41). The number of likely N-dealkylation sites (tertiary alicyclic amines) is 2. The molecule has 5 rings (SSSR count). The van der Waals surface area contributed by atoms with Crippen molar-refractivity contribution in [1.82, 2.24) is 25.1 Å². The molecule has 3 aliphatic heterocycles. The molecule has 0 aliphatic carbocycles. The minimum Gasteiger partial charge on any atom is -0.493 e. The van der Waals surface area contributed by atoms with Gasteiger partial charge in [-0.3, -0.25) is 24.4 Å². The van der Waals surface area contributed by atoms with Gasteiger partial charge in [0.15, 0.2) is 0 Å². The Hall–Kier alpha value is -3.49. The van der Waals surface area contributed by atoms with Crippen molar-refractivity contribution in [2.75, 3.05) is 39.3 Å². The Bertz CT molecular complexity index is 1260. The number of benzene rings is 1. The zero-order valence-corrected chi connectivity index (χ0v) is 25.7. The molecule has 0 saturated carbocycles. The van der Waals surface area contributed by atoms with Crippen LogP contribution in [0, 0.1) is 5.41 Å². The maximum absolute atomic E-state index is 13.2. The van der Waals surface area contributed by atoms with Gasteiger partial charge in [0, 0.05) is 70.8 Å². The summed E-state index contributed by atoms with van der Waals surface area (Å²) in [4.78, 5) is 50.9. The quantitative estimate of drug-likeness (QED) is 0.565. The number of nitrogens with zero attached hydrogens (tertiary/aromatic N) is 4. The van der Waals surface area contributed by atoms with Crippen molar-refractivity contribution in [2.45, 2.75) is 89.9 Å². The van der Waals surface area contributed by atoms with Gasteiger partial charge in [0.25, 0.3) is 0 Å². The number of piperidine rings is 2. The first-order valence-corrected chi connectivity index (χ1v) is 16.2. The maximum atomic E-state index is 13.2. The normalized spacial score (nSPS) is 21.7. The monoisotopic (exact) mass is 589 g/mol. The van der Waals surface area contributed by atoms with E-state index >= 15 is 0 Å². The second-order valence-corrected chi connectivity index (χ2v) is 12.7. The SMILES string of the molecule is CC(=O)N1CCCC(c2cncc(CCC(=O)N3CCC4(CCCCc5ccccc5OCCCC(=O)NC4)CC3)n2)C1. The lowest BCUT2D eigenvalue weighted by atomic mass is 9.74. The molecular weight excluding hydrogens is 542 g/mol. The smallest absolute Gasteiger partial charge is 0.222 e. The molecule has 1 spiro atoms. The molecule has 1 atom stereocenters. The van der Waals surface area contributed by atoms with Crippen molar-refractivity contribution < 1.29 is 19.1 Å². The Kier molecular flexibility index (Phi) is 10.7. The van der Waals surface area contributed by atoms with E-state index in [1.165, 1.54) is 5.56 Å². The average Bonchev–Trinajstić information content (AvgIpc) is 3.04. The van der Waals surface area contributed by atoms with Crippen LogP contribution in [0.4, 0.5) is 0 Å². The van der Waals surface area contributed by atoms with Crippen LogP contribution in [0.5, 0.6) is 5.75 Å². The van der Waals surface area contributed by atoms with Crippen molar-refractivity contribution in [3.8, 4) is 5.75 Å². The lowest BCUT2D eigenvalue weighted by molar-refractivity contribution is -0.134. The predicted octanol–water partition coefficient (Wildman–Crippen LogP) is 4.45. The summed E-state index contributed by atoms with van der Waals surface area (Å²) in [6.45, 7) is 5.77. The highest BCUT2D eigenvalue weighted by Gasteiger charge is 2.36. The van der Waals surface area contributed by atoms with Crippen LogP contribution in [0.2, 0.25) is 0 Å². The molecule has 1 aromatic heterocycles. The van der Waals surface area contributed by atoms with Gasteiger partial charge in [-0.1, -0.05) is 24.6 Å². The molecule has 2 saturated heterocycles. The predicted molar refractivity (Wildman–Crippen MR) is 165 cm³/mol. The van der Waals surface area contributed by atoms with E-state index in [9.17, 15) is 14.4 Å². The first kappa shape index (κ1) is 31.0. The van der Waals surface area contributed by atoms with Crippen LogP contribution in [0.1, 0.15) is 94.0 Å². The summed E-state index contributed by atoms with van der Waals surface area (Å²) in [6.07, 6.45) is 13.7. The summed E-state index contributed by atoms with van der Waals surface area (Å²) < 4.78 is 5.98. The van der Waals surface area contributed by atoms with Crippen molar-refractivity contribution in [2.24, 2.45) is 5.41 Å². The molecule has 0 radical (unpaired) electrons. The Balaban J connectivity index is 1.13. The fourth-order valence-corrected chi connectivity index (χ4v) is 6.84. The van der Waals surface area contributed by atoms with Crippen LogP contribution in [-0.4, -0.2) is 76.8 Å². The molecule has 1 unspecified atom stereocenters. The molecule has 9 nitrogen and oxygen atoms in total. The topological polar surface area (TPSA) is 105 Å². The third kappa shape index (κ3) is 8.54. The van der Waals surface area contributed by atoms with Crippen LogP contribution in [0.25, 0.3) is 0 Å². The van der Waals surface area contributed by atoms with Gasteiger partial charge in [-0.05, 0) is 74.8 Å². The number of para-hydroxylation sites is 1. The molecule has 43 heavy (non-hydrogen) atoms. The lowest BCUT2D eigenvalue weighted by Crippen LogP contribution is -2.48. The van der Waals surface area contributed by atoms with Gasteiger partial charge in [-0.15, -0.1) is 0 Å². The van der Waals surface area contributed by atoms with Crippen molar-refractivity contribution in [3.63, 3.8) is 0 Å². The number of hydrogen-bond donors (Lipinski definition) is 1. The van der Waals surface area contributed by atoms with Gasteiger partial charge in [0.05, 0.1) is 18.0 Å². The van der Waals surface area contributed by atoms with Crippen LogP contribution < -0.4 is 10.1 Å². The molecule has 4 heterocycles. The van der Waals surface area contributed by atoms with Crippen molar-refractivity contribution in [1.29, 1.82) is 0 Å². The van der Waals surface area contributed by atoms with Gasteiger partial charge in [0.2, 0.25) is 17.7 Å². The number of aromatic nitrogens is 2. The number of carbonyl (C=O) groups is 3. The fourth-order valence-electron chi connectivity index (χ4n) is 6.84. The van der Waals surface area contributed by atoms with Crippen LogP contribution in [0.15, 0.2) is 36.7 Å². The third-order valence-corrected chi connectivity index (χ3v) is 9.60. The van der Waals surface area contributed by atoms with E-state index < -0.39 is 0 Å². The average molecular weight is 590 g/mol. The van der Waals surface area contributed by atoms with Gasteiger partial charge in [-0.2, -0.15) is 0 Å². The molecule has 0 bridgehead atoms. The van der Waals surface area contributed by atoms with Gasteiger partial charge in [-0.25, -0.2) is 0 Å². The number of aryl methyl sites for hydroxylation is 2. The van der Waals surface area contributed by atoms with E-state index in [2.05, 4.69) is 22.4 Å². The second kappa shape index (κ2) is 14.8. The second-order valence-electron chi connectivity index (χ2n) is 12.7. The van der Waals surface area contributed by atoms with Crippen LogP contribution >= 0.6 is 0 Å². The first-order chi connectivity index (χ1) is 20.9. The van der Waals surface area contributed by atoms with Crippen LogP contribution in [-0.2, 0) is 27.2 Å². The highest BCUT2D eigenvalue weighted by Crippen LogP contribution is 2.37. The zero-order chi connectivity index (χ0) is 30.1. The maximum Gasteiger partial charge on any atom is 0.222 e. The third-order valence-electron chi connectivity index (χ3n) is 9.60. The molecule has 3 amide bonds. The first-order valence-electron chi connectivity index (χ1n) is 16.2. The van der Waals surface area contributed by atoms with E-state index in [1.807, 2.05) is 21.9 Å². The molecule has 232 valence electrons. The van der Waals surface area contributed by atoms with Gasteiger partial charge < -0.3 is 19.9 Å². The highest BCUT2D eigenvalue weighted by molar-refractivity contribution is 5.77. The Morgan fingerprint density at radius 2 is 1.84 bits per heavy atom. The van der Waals surface area contributed by atoms with Crippen molar-refractivity contribution in [3.05, 3.63) is 53.6 Å². The molecule has 1 N–H and O–H groups in total. The minimum atomic E-state index is 0.0279. The summed E-state index contributed by atoms with van der Waals surface area (Å²) in [5.74, 6) is 1.48. The molecule has 3 aliphatic rings. The molecular formula is C34H47N5O4. The van der Waals surface area contributed by atoms with Crippen molar-refractivity contribution >= 4 is 17.7 Å². The van der Waals surface area contributed by atoms with E-state index in [1.54, 1.807) is 19.3 Å². The van der Waals surface area contributed by atoms with E-state index in [4.69, 9.17) is 9.72 Å². The summed E-state index contributed by atoms with van der Waals surface area (Å²) in [7, 11) is 0. The van der Waals surface area contributed by atoms with E-state index in [-0.39, 0.29) is 29.1 Å². The largest absolute Gasteiger partial charge is 0.493 e. The lowest BCUT2D eigenvalue weighted by Gasteiger charge is -2.42. The molecule has 2 aromatic rings. The molecule has 2 fully saturated rings. The Labute approximate surface area is 255 Å². The molecule has 9 heteroatoms. The summed E-state index contributed by atoms with van der Waals surface area (Å²) in [5, 5.41) is 3.21. The number of amides is 3. The van der Waals surface area contributed by atoms with Gasteiger partial charge in [0.1, 0.15) is 5.75 Å². The Morgan fingerprint density at radius 1 is 1.00 bits per heavy atom. The van der Waals surface area contributed by atoms with E-state index in [0.29, 0.717) is 45.4 Å². The number of carbonyl (C=O) groups excluding carboxylic acids is 3. The Morgan fingerprint density at radius 3 is 2.67 bits per heavy atom. The number of ether oxygens (including phenoxy) is 1. The summed E-state index contributed by atoms with van der Waals surface area (Å²) in [5.41, 5.74) is 3.02. The molecule has 1 aromatic carbocycles. The van der Waals surface area contributed by atoms with Crippen LogP contribution in [0.3, 0.4) is 0 Å². The summed E-state index contributed by atoms with van der Waals surface area (Å²) in [6, 6.07) is 8.24. The number of fused-ring (bicyclic) bond motifs is 1. The highest BCUT2D eigenvalue weighted by atomic mass is 16.5. The number of nitrogens with one attached hydrogen (secondary N) is 1. The zero-order valence-electron chi connectivity index (χ0n) is 25.7. The number of rotatable bonds is 4. The van der Waals surface area contributed by atoms with E-state index in [0.717, 1.165) is 88.1 Å². The minimum absolute atomic E-state index is 0.0279. The van der Waals surface area contributed by atoms with Gasteiger partial charge >= 0.3 is 0 Å². The number of hydrogen-bond acceptors (Lipinski definition) is 6. The fraction of sp³-hybridized carbons (Fsp3) is 0.618.